The molecule has 0 bridgehead atoms. The van der Waals surface area contributed by atoms with Crippen molar-refractivity contribution < 1.29 is 0 Å². The second kappa shape index (κ2) is 6.30. The lowest BCUT2D eigenvalue weighted by Crippen LogP contribution is -2.37. The van der Waals surface area contributed by atoms with Crippen molar-refractivity contribution in [3.8, 4) is 0 Å². The van der Waals surface area contributed by atoms with E-state index in [1.54, 1.807) is 0 Å². The van der Waals surface area contributed by atoms with Crippen molar-refractivity contribution in [2.75, 3.05) is 0 Å². The maximum atomic E-state index is 3.83. The molecule has 1 heteroatoms. The van der Waals surface area contributed by atoms with Crippen molar-refractivity contribution in [3.05, 3.63) is 35.4 Å². The van der Waals surface area contributed by atoms with Crippen molar-refractivity contribution in [1.82, 2.24) is 5.32 Å². The lowest BCUT2D eigenvalue weighted by atomic mass is 9.71. The van der Waals surface area contributed by atoms with Crippen LogP contribution in [-0.2, 0) is 0 Å². The van der Waals surface area contributed by atoms with Gasteiger partial charge in [0.25, 0.3) is 0 Å². The predicted octanol–water partition coefficient (Wildman–Crippen LogP) is 5.25. The minimum atomic E-state index is 0.465. The summed E-state index contributed by atoms with van der Waals surface area (Å²) in [4.78, 5) is 0. The van der Waals surface area contributed by atoms with Crippen molar-refractivity contribution in [2.24, 2.45) is 11.3 Å². The molecule has 1 atom stereocenters. The summed E-state index contributed by atoms with van der Waals surface area (Å²) >= 11 is 0. The van der Waals surface area contributed by atoms with Gasteiger partial charge in [-0.25, -0.2) is 0 Å². The van der Waals surface area contributed by atoms with E-state index >= 15 is 0 Å². The Morgan fingerprint density at radius 3 is 2.05 bits per heavy atom. The summed E-state index contributed by atoms with van der Waals surface area (Å²) in [6.07, 6.45) is 5.42. The average Bonchev–Trinajstić information content (AvgIpc) is 2.39. The minimum Gasteiger partial charge on any atom is -0.307 e. The molecule has 112 valence electrons. The van der Waals surface area contributed by atoms with Crippen molar-refractivity contribution in [1.29, 1.82) is 0 Å². The van der Waals surface area contributed by atoms with E-state index in [1.165, 1.54) is 36.8 Å². The van der Waals surface area contributed by atoms with E-state index in [-0.39, 0.29) is 0 Å². The first-order valence-corrected chi connectivity index (χ1v) is 8.19. The quantitative estimate of drug-likeness (QED) is 0.793. The molecule has 0 aliphatic heterocycles. The van der Waals surface area contributed by atoms with E-state index in [0.29, 0.717) is 17.5 Å². The smallest absolute Gasteiger partial charge is 0.0294 e. The topological polar surface area (TPSA) is 12.0 Å². The molecule has 1 aliphatic carbocycles. The normalized spacial score (nSPS) is 25.4. The van der Waals surface area contributed by atoms with E-state index in [1.807, 2.05) is 0 Å². The molecule has 1 aliphatic rings. The van der Waals surface area contributed by atoms with Crippen molar-refractivity contribution in [2.45, 2.75) is 72.4 Å². The zero-order valence-corrected chi connectivity index (χ0v) is 13.9. The van der Waals surface area contributed by atoms with Gasteiger partial charge in [0.1, 0.15) is 0 Å². The third-order valence-corrected chi connectivity index (χ3v) is 5.01. The fourth-order valence-corrected chi connectivity index (χ4v) is 3.43. The molecule has 0 heterocycles. The molecule has 2 rings (SSSR count). The van der Waals surface area contributed by atoms with Gasteiger partial charge in [-0.2, -0.15) is 0 Å². The largest absolute Gasteiger partial charge is 0.307 e. The molecule has 1 aromatic rings. The van der Waals surface area contributed by atoms with Gasteiger partial charge < -0.3 is 5.32 Å². The summed E-state index contributed by atoms with van der Waals surface area (Å²) in [5.41, 5.74) is 3.23. The van der Waals surface area contributed by atoms with Gasteiger partial charge >= 0.3 is 0 Å². The van der Waals surface area contributed by atoms with Crippen LogP contribution in [0.4, 0.5) is 0 Å². The van der Waals surface area contributed by atoms with E-state index < -0.39 is 0 Å². The SMILES string of the molecule is Cc1ccc([C@@H](C)NC2CCC(C(C)(C)C)CC2)cc1. The summed E-state index contributed by atoms with van der Waals surface area (Å²) in [6, 6.07) is 10.1. The Balaban J connectivity index is 1.85. The van der Waals surface area contributed by atoms with E-state index in [9.17, 15) is 0 Å². The van der Waals surface area contributed by atoms with Gasteiger partial charge in [-0.05, 0) is 56.4 Å². The van der Waals surface area contributed by atoms with E-state index in [2.05, 4.69) is 64.2 Å². The second-order valence-corrected chi connectivity index (χ2v) is 7.71. The number of hydrogen-bond acceptors (Lipinski definition) is 1. The van der Waals surface area contributed by atoms with Crippen LogP contribution in [0.25, 0.3) is 0 Å². The van der Waals surface area contributed by atoms with Crippen LogP contribution in [0.1, 0.15) is 70.5 Å². The van der Waals surface area contributed by atoms with Crippen LogP contribution in [0.3, 0.4) is 0 Å². The lowest BCUT2D eigenvalue weighted by molar-refractivity contribution is 0.157. The summed E-state index contributed by atoms with van der Waals surface area (Å²) in [5, 5.41) is 3.83. The number of benzene rings is 1. The van der Waals surface area contributed by atoms with Gasteiger partial charge in [-0.15, -0.1) is 0 Å². The van der Waals surface area contributed by atoms with Crippen LogP contribution in [0.2, 0.25) is 0 Å². The minimum absolute atomic E-state index is 0.465. The number of nitrogens with one attached hydrogen (secondary N) is 1. The fourth-order valence-electron chi connectivity index (χ4n) is 3.43. The first-order chi connectivity index (χ1) is 9.36. The fraction of sp³-hybridized carbons (Fsp3) is 0.684. The average molecular weight is 273 g/mol. The molecule has 1 fully saturated rings. The Morgan fingerprint density at radius 2 is 1.55 bits per heavy atom. The van der Waals surface area contributed by atoms with Gasteiger partial charge in [-0.1, -0.05) is 50.6 Å². The molecular weight excluding hydrogens is 242 g/mol. The lowest BCUT2D eigenvalue weighted by Gasteiger charge is -2.38. The molecule has 0 spiro atoms. The van der Waals surface area contributed by atoms with Gasteiger partial charge in [0.05, 0.1) is 0 Å². The van der Waals surface area contributed by atoms with Crippen LogP contribution < -0.4 is 5.32 Å². The molecule has 1 saturated carbocycles. The molecule has 0 amide bonds. The Kier molecular flexibility index (Phi) is 4.90. The zero-order valence-electron chi connectivity index (χ0n) is 13.9. The van der Waals surface area contributed by atoms with Crippen LogP contribution in [-0.4, -0.2) is 6.04 Å². The second-order valence-electron chi connectivity index (χ2n) is 7.71. The predicted molar refractivity (Wildman–Crippen MR) is 87.9 cm³/mol. The number of rotatable bonds is 3. The Hall–Kier alpha value is -0.820. The molecule has 0 unspecified atom stereocenters. The van der Waals surface area contributed by atoms with Crippen molar-refractivity contribution in [3.63, 3.8) is 0 Å². The van der Waals surface area contributed by atoms with Gasteiger partial charge in [0.2, 0.25) is 0 Å². The molecule has 1 nitrogen and oxygen atoms in total. The maximum Gasteiger partial charge on any atom is 0.0294 e. The number of aryl methyl sites for hydroxylation is 1. The highest BCUT2D eigenvalue weighted by Crippen LogP contribution is 2.38. The Morgan fingerprint density at radius 1 is 1.00 bits per heavy atom. The molecule has 1 N–H and O–H groups in total. The highest BCUT2D eigenvalue weighted by atomic mass is 14.9. The Bertz CT molecular complexity index is 404. The van der Waals surface area contributed by atoms with Crippen LogP contribution in [0.5, 0.6) is 0 Å². The zero-order chi connectivity index (χ0) is 14.8. The maximum absolute atomic E-state index is 3.83. The third-order valence-electron chi connectivity index (χ3n) is 5.01. The molecule has 0 aromatic heterocycles. The summed E-state index contributed by atoms with van der Waals surface area (Å²) in [5.74, 6) is 0.898. The first-order valence-electron chi connectivity index (χ1n) is 8.19. The number of hydrogen-bond donors (Lipinski definition) is 1. The summed E-state index contributed by atoms with van der Waals surface area (Å²) < 4.78 is 0. The van der Waals surface area contributed by atoms with Crippen LogP contribution >= 0.6 is 0 Å². The summed E-state index contributed by atoms with van der Waals surface area (Å²) in [6.45, 7) is 11.6. The van der Waals surface area contributed by atoms with Crippen LogP contribution in [0.15, 0.2) is 24.3 Å². The Labute approximate surface area is 125 Å². The highest BCUT2D eigenvalue weighted by molar-refractivity contribution is 5.23. The first kappa shape index (κ1) is 15.6. The molecule has 0 radical (unpaired) electrons. The van der Waals surface area contributed by atoms with Crippen molar-refractivity contribution >= 4 is 0 Å². The van der Waals surface area contributed by atoms with Gasteiger partial charge in [0.15, 0.2) is 0 Å². The summed E-state index contributed by atoms with van der Waals surface area (Å²) in [7, 11) is 0. The molecule has 1 aromatic carbocycles. The van der Waals surface area contributed by atoms with Gasteiger partial charge in [-0.3, -0.25) is 0 Å². The van der Waals surface area contributed by atoms with Gasteiger partial charge in [0, 0.05) is 12.1 Å². The molecular formula is C19H31N. The van der Waals surface area contributed by atoms with E-state index in [4.69, 9.17) is 0 Å². The van der Waals surface area contributed by atoms with E-state index in [0.717, 1.165) is 5.92 Å². The standard InChI is InChI=1S/C19H31N/c1-14-6-8-16(9-7-14)15(2)20-18-12-10-17(11-13-18)19(3,4)5/h6-9,15,17-18,20H,10-13H2,1-5H3/t15-,17?,18?/m1/s1. The molecule has 20 heavy (non-hydrogen) atoms. The van der Waals surface area contributed by atoms with Crippen LogP contribution in [0, 0.1) is 18.3 Å². The molecule has 0 saturated heterocycles. The monoisotopic (exact) mass is 273 g/mol. The highest BCUT2D eigenvalue weighted by Gasteiger charge is 2.29. The third kappa shape index (κ3) is 4.09.